The maximum absolute atomic E-state index is 12.9. The predicted octanol–water partition coefficient (Wildman–Crippen LogP) is 1.73. The highest BCUT2D eigenvalue weighted by Crippen LogP contribution is 2.38. The number of alkyl halides is 3. The summed E-state index contributed by atoms with van der Waals surface area (Å²) in [5, 5.41) is 8.92. The average molecular weight is 302 g/mol. The van der Waals surface area contributed by atoms with Gasteiger partial charge in [0.15, 0.2) is 0 Å². The van der Waals surface area contributed by atoms with E-state index in [4.69, 9.17) is 5.11 Å². The Morgan fingerprint density at radius 2 is 2.05 bits per heavy atom. The molecule has 1 aromatic heterocycles. The molecule has 1 aromatic rings. The van der Waals surface area contributed by atoms with Crippen molar-refractivity contribution in [3.8, 4) is 0 Å². The topological polar surface area (TPSA) is 70.5 Å². The predicted molar refractivity (Wildman–Crippen MR) is 65.5 cm³/mol. The van der Waals surface area contributed by atoms with Crippen molar-refractivity contribution < 1.29 is 27.9 Å². The van der Waals surface area contributed by atoms with E-state index in [1.165, 1.54) is 18.3 Å². The highest BCUT2D eigenvalue weighted by Gasteiger charge is 2.53. The summed E-state index contributed by atoms with van der Waals surface area (Å²) in [5.74, 6) is -5.85. The third-order valence-electron chi connectivity index (χ3n) is 3.58. The molecule has 1 fully saturated rings. The van der Waals surface area contributed by atoms with Gasteiger partial charge in [-0.05, 0) is 19.1 Å². The standard InChI is InChI=1S/C13H13F3N2O3/c1-7-8(3-2-4-17-7)11(19)18-5-9(12(20)21)10(6-18)13(14,15)16/h2-4,9-10H,5-6H2,1H3,(H,20,21)/t9-,10-/m1/s1. The smallest absolute Gasteiger partial charge is 0.394 e. The lowest BCUT2D eigenvalue weighted by atomic mass is 9.96. The van der Waals surface area contributed by atoms with Gasteiger partial charge in [-0.15, -0.1) is 0 Å². The van der Waals surface area contributed by atoms with E-state index in [0.29, 0.717) is 5.69 Å². The number of likely N-dealkylation sites (tertiary alicyclic amines) is 1. The van der Waals surface area contributed by atoms with Crippen LogP contribution in [-0.2, 0) is 4.79 Å². The van der Waals surface area contributed by atoms with Crippen LogP contribution >= 0.6 is 0 Å². The molecule has 0 spiro atoms. The molecule has 1 aliphatic heterocycles. The molecule has 114 valence electrons. The van der Waals surface area contributed by atoms with E-state index in [9.17, 15) is 22.8 Å². The minimum atomic E-state index is -4.65. The van der Waals surface area contributed by atoms with Gasteiger partial charge in [-0.2, -0.15) is 13.2 Å². The van der Waals surface area contributed by atoms with Gasteiger partial charge in [0, 0.05) is 25.0 Å². The number of pyridine rings is 1. The molecule has 0 aliphatic carbocycles. The molecule has 0 aromatic carbocycles. The lowest BCUT2D eigenvalue weighted by Gasteiger charge is -2.18. The van der Waals surface area contributed by atoms with Crippen molar-refractivity contribution in [2.45, 2.75) is 13.1 Å². The number of carboxylic acids is 1. The fourth-order valence-electron chi connectivity index (χ4n) is 2.43. The van der Waals surface area contributed by atoms with Crippen LogP contribution in [0.2, 0.25) is 0 Å². The van der Waals surface area contributed by atoms with Crippen LogP contribution in [0.1, 0.15) is 16.1 Å². The fraction of sp³-hybridized carbons (Fsp3) is 0.462. The number of amides is 1. The molecule has 1 saturated heterocycles. The van der Waals surface area contributed by atoms with Gasteiger partial charge in [-0.3, -0.25) is 14.6 Å². The van der Waals surface area contributed by atoms with Crippen LogP contribution in [0.25, 0.3) is 0 Å². The van der Waals surface area contributed by atoms with Crippen LogP contribution in [0, 0.1) is 18.8 Å². The number of aliphatic carboxylic acids is 1. The zero-order valence-corrected chi connectivity index (χ0v) is 11.1. The minimum absolute atomic E-state index is 0.185. The molecule has 5 nitrogen and oxygen atoms in total. The summed E-state index contributed by atoms with van der Waals surface area (Å²) in [6.07, 6.45) is -3.18. The normalized spacial score (nSPS) is 22.4. The zero-order chi connectivity index (χ0) is 15.8. The Morgan fingerprint density at radius 1 is 1.38 bits per heavy atom. The number of carbonyl (C=O) groups excluding carboxylic acids is 1. The maximum Gasteiger partial charge on any atom is 0.394 e. The Balaban J connectivity index is 2.25. The monoisotopic (exact) mass is 302 g/mol. The molecule has 0 radical (unpaired) electrons. The Bertz CT molecular complexity index is 574. The van der Waals surface area contributed by atoms with E-state index in [2.05, 4.69) is 4.98 Å². The second-order valence-corrected chi connectivity index (χ2v) is 4.94. The van der Waals surface area contributed by atoms with Crippen LogP contribution < -0.4 is 0 Å². The van der Waals surface area contributed by atoms with Crippen LogP contribution in [0.3, 0.4) is 0 Å². The molecular weight excluding hydrogens is 289 g/mol. The molecule has 1 aliphatic rings. The number of halogens is 3. The van der Waals surface area contributed by atoms with E-state index in [0.717, 1.165) is 4.90 Å². The van der Waals surface area contributed by atoms with E-state index in [1.807, 2.05) is 0 Å². The summed E-state index contributed by atoms with van der Waals surface area (Å²) in [6.45, 7) is 0.472. The Labute approximate surface area is 118 Å². The Hall–Kier alpha value is -2.12. The van der Waals surface area contributed by atoms with Crippen molar-refractivity contribution in [1.82, 2.24) is 9.88 Å². The second kappa shape index (κ2) is 5.34. The number of carboxylic acid groups (broad SMARTS) is 1. The van der Waals surface area contributed by atoms with Gasteiger partial charge in [0.1, 0.15) is 0 Å². The van der Waals surface area contributed by atoms with Crippen molar-refractivity contribution >= 4 is 11.9 Å². The lowest BCUT2D eigenvalue weighted by Crippen LogP contribution is -2.34. The first kappa shape index (κ1) is 15.3. The molecule has 0 unspecified atom stereocenters. The van der Waals surface area contributed by atoms with Gasteiger partial charge in [0.2, 0.25) is 0 Å². The van der Waals surface area contributed by atoms with Crippen molar-refractivity contribution in [2.24, 2.45) is 11.8 Å². The molecular formula is C13H13F3N2O3. The van der Waals surface area contributed by atoms with Gasteiger partial charge < -0.3 is 10.0 Å². The first-order chi connectivity index (χ1) is 9.71. The molecule has 8 heteroatoms. The Kier molecular flexibility index (Phi) is 3.89. The second-order valence-electron chi connectivity index (χ2n) is 4.94. The molecule has 0 bridgehead atoms. The minimum Gasteiger partial charge on any atom is -0.481 e. The summed E-state index contributed by atoms with van der Waals surface area (Å²) in [7, 11) is 0. The van der Waals surface area contributed by atoms with Crippen LogP contribution in [0.15, 0.2) is 18.3 Å². The number of hydrogen-bond acceptors (Lipinski definition) is 3. The number of nitrogens with zero attached hydrogens (tertiary/aromatic N) is 2. The quantitative estimate of drug-likeness (QED) is 0.903. The molecule has 21 heavy (non-hydrogen) atoms. The third kappa shape index (κ3) is 2.98. The summed E-state index contributed by atoms with van der Waals surface area (Å²) < 4.78 is 38.6. The Morgan fingerprint density at radius 3 is 2.52 bits per heavy atom. The van der Waals surface area contributed by atoms with Crippen molar-refractivity contribution in [1.29, 1.82) is 0 Å². The van der Waals surface area contributed by atoms with Gasteiger partial charge >= 0.3 is 12.1 Å². The number of rotatable bonds is 2. The van der Waals surface area contributed by atoms with Crippen molar-refractivity contribution in [3.63, 3.8) is 0 Å². The van der Waals surface area contributed by atoms with Crippen LogP contribution in [-0.4, -0.2) is 46.1 Å². The largest absolute Gasteiger partial charge is 0.481 e. The molecule has 2 atom stereocenters. The number of aromatic nitrogens is 1. The summed E-state index contributed by atoms with van der Waals surface area (Å²) in [4.78, 5) is 28.1. The van der Waals surface area contributed by atoms with E-state index in [1.54, 1.807) is 6.92 Å². The van der Waals surface area contributed by atoms with Gasteiger partial charge in [0.05, 0.1) is 17.4 Å². The van der Waals surface area contributed by atoms with Crippen molar-refractivity contribution in [3.05, 3.63) is 29.6 Å². The lowest BCUT2D eigenvalue weighted by molar-refractivity contribution is -0.187. The fourth-order valence-corrected chi connectivity index (χ4v) is 2.43. The van der Waals surface area contributed by atoms with E-state index in [-0.39, 0.29) is 5.56 Å². The number of hydrogen-bond donors (Lipinski definition) is 1. The van der Waals surface area contributed by atoms with Crippen LogP contribution in [0.4, 0.5) is 13.2 Å². The van der Waals surface area contributed by atoms with Crippen LogP contribution in [0.5, 0.6) is 0 Å². The van der Waals surface area contributed by atoms with E-state index >= 15 is 0 Å². The van der Waals surface area contributed by atoms with Gasteiger partial charge in [0.25, 0.3) is 5.91 Å². The molecule has 2 heterocycles. The summed E-state index contributed by atoms with van der Waals surface area (Å²) >= 11 is 0. The average Bonchev–Trinajstić information content (AvgIpc) is 2.83. The third-order valence-corrected chi connectivity index (χ3v) is 3.58. The van der Waals surface area contributed by atoms with Crippen molar-refractivity contribution in [2.75, 3.05) is 13.1 Å². The number of aryl methyl sites for hydroxylation is 1. The first-order valence-electron chi connectivity index (χ1n) is 6.22. The number of carbonyl (C=O) groups is 2. The molecule has 0 saturated carbocycles. The zero-order valence-electron chi connectivity index (χ0n) is 11.1. The molecule has 1 N–H and O–H groups in total. The van der Waals surface area contributed by atoms with Gasteiger partial charge in [-0.1, -0.05) is 0 Å². The molecule has 2 rings (SSSR count). The summed E-state index contributed by atoms with van der Waals surface area (Å²) in [5.41, 5.74) is 0.578. The molecule has 1 amide bonds. The SMILES string of the molecule is Cc1ncccc1C(=O)N1C[C@@H](C(F)(F)F)[C@H](C(=O)O)C1. The van der Waals surface area contributed by atoms with Gasteiger partial charge in [-0.25, -0.2) is 0 Å². The van der Waals surface area contributed by atoms with E-state index < -0.39 is 43.0 Å². The summed E-state index contributed by atoms with van der Waals surface area (Å²) in [6, 6.07) is 2.97. The highest BCUT2D eigenvalue weighted by molar-refractivity contribution is 5.95. The maximum atomic E-state index is 12.9. The first-order valence-corrected chi connectivity index (χ1v) is 6.22. The highest BCUT2D eigenvalue weighted by atomic mass is 19.4.